The lowest BCUT2D eigenvalue weighted by Gasteiger charge is -2.32. The van der Waals surface area contributed by atoms with Gasteiger partial charge in [-0.2, -0.15) is 0 Å². The van der Waals surface area contributed by atoms with Gasteiger partial charge in [0.2, 0.25) is 5.91 Å². The molecular formula is C14H19N3O3. The molecular weight excluding hydrogens is 258 g/mol. The Morgan fingerprint density at radius 2 is 2.00 bits per heavy atom. The number of benzene rings is 1. The predicted molar refractivity (Wildman–Crippen MR) is 75.5 cm³/mol. The molecule has 0 bridgehead atoms. The van der Waals surface area contributed by atoms with Crippen molar-refractivity contribution in [3.8, 4) is 0 Å². The lowest BCUT2D eigenvalue weighted by atomic mass is 10.0. The lowest BCUT2D eigenvalue weighted by molar-refractivity contribution is -0.137. The van der Waals surface area contributed by atoms with Crippen LogP contribution in [0.15, 0.2) is 24.3 Å². The van der Waals surface area contributed by atoms with Crippen molar-refractivity contribution in [2.24, 2.45) is 5.73 Å². The molecule has 1 saturated heterocycles. The van der Waals surface area contributed by atoms with Crippen LogP contribution in [0.5, 0.6) is 0 Å². The van der Waals surface area contributed by atoms with Gasteiger partial charge < -0.3 is 15.7 Å². The number of amides is 1. The highest BCUT2D eigenvalue weighted by Crippen LogP contribution is 2.21. The third-order valence-corrected chi connectivity index (χ3v) is 3.44. The number of carbonyl (C=O) groups excluding carboxylic acids is 1. The summed E-state index contributed by atoms with van der Waals surface area (Å²) in [6.45, 7) is 1.92. The fourth-order valence-corrected chi connectivity index (χ4v) is 2.27. The van der Waals surface area contributed by atoms with Crippen molar-refractivity contribution in [3.05, 3.63) is 29.8 Å². The molecule has 0 saturated carbocycles. The lowest BCUT2D eigenvalue weighted by Crippen LogP contribution is -2.48. The number of piperazine rings is 1. The maximum Gasteiger partial charge on any atom is 0.305 e. The SMILES string of the molecule is CN1CCN(c2ccc(C(N)CC(=O)O)cc2)C(=O)C1. The number of carboxylic acids is 1. The van der Waals surface area contributed by atoms with E-state index in [9.17, 15) is 9.59 Å². The summed E-state index contributed by atoms with van der Waals surface area (Å²) in [7, 11) is 1.92. The van der Waals surface area contributed by atoms with Crippen LogP contribution in [-0.2, 0) is 9.59 Å². The molecule has 1 heterocycles. The number of hydrogen-bond acceptors (Lipinski definition) is 4. The monoisotopic (exact) mass is 277 g/mol. The van der Waals surface area contributed by atoms with E-state index in [1.807, 2.05) is 24.1 Å². The molecule has 1 atom stereocenters. The van der Waals surface area contributed by atoms with Gasteiger partial charge in [-0.25, -0.2) is 0 Å². The average Bonchev–Trinajstić information content (AvgIpc) is 2.38. The summed E-state index contributed by atoms with van der Waals surface area (Å²) in [6, 6.07) is 6.69. The number of anilines is 1. The molecule has 2 rings (SSSR count). The number of hydrogen-bond donors (Lipinski definition) is 2. The first-order valence-corrected chi connectivity index (χ1v) is 6.53. The molecule has 1 unspecified atom stereocenters. The second kappa shape index (κ2) is 6.02. The molecule has 1 aliphatic heterocycles. The highest BCUT2D eigenvalue weighted by atomic mass is 16.4. The molecule has 3 N–H and O–H groups in total. The molecule has 108 valence electrons. The molecule has 1 aromatic carbocycles. The molecule has 0 aromatic heterocycles. The largest absolute Gasteiger partial charge is 0.481 e. The summed E-state index contributed by atoms with van der Waals surface area (Å²) in [5.41, 5.74) is 7.39. The van der Waals surface area contributed by atoms with E-state index in [0.29, 0.717) is 13.1 Å². The number of aliphatic carboxylic acids is 1. The number of nitrogens with zero attached hydrogens (tertiary/aromatic N) is 2. The van der Waals surface area contributed by atoms with Crippen LogP contribution in [0.2, 0.25) is 0 Å². The van der Waals surface area contributed by atoms with Crippen molar-refractivity contribution in [3.63, 3.8) is 0 Å². The van der Waals surface area contributed by atoms with Gasteiger partial charge in [-0.15, -0.1) is 0 Å². The third-order valence-electron chi connectivity index (χ3n) is 3.44. The quantitative estimate of drug-likeness (QED) is 0.834. The molecule has 1 aromatic rings. The Balaban J connectivity index is 2.08. The van der Waals surface area contributed by atoms with E-state index in [-0.39, 0.29) is 12.3 Å². The minimum absolute atomic E-state index is 0.0707. The first kappa shape index (κ1) is 14.5. The summed E-state index contributed by atoms with van der Waals surface area (Å²) in [6.07, 6.45) is -0.104. The van der Waals surface area contributed by atoms with Gasteiger partial charge in [-0.3, -0.25) is 14.5 Å². The Bertz CT molecular complexity index is 501. The molecule has 1 amide bonds. The second-order valence-electron chi connectivity index (χ2n) is 5.08. The Morgan fingerprint density at radius 1 is 1.35 bits per heavy atom. The van der Waals surface area contributed by atoms with Crippen LogP contribution in [0.3, 0.4) is 0 Å². The number of carboxylic acid groups (broad SMARTS) is 1. The van der Waals surface area contributed by atoms with E-state index in [1.165, 1.54) is 0 Å². The smallest absolute Gasteiger partial charge is 0.305 e. The Labute approximate surface area is 117 Å². The Kier molecular flexibility index (Phi) is 4.36. The summed E-state index contributed by atoms with van der Waals surface area (Å²) >= 11 is 0. The molecule has 1 aliphatic rings. The van der Waals surface area contributed by atoms with Gasteiger partial charge in [0.05, 0.1) is 13.0 Å². The van der Waals surface area contributed by atoms with Crippen LogP contribution in [0.1, 0.15) is 18.0 Å². The number of likely N-dealkylation sites (N-methyl/N-ethyl adjacent to an activating group) is 1. The molecule has 6 heteroatoms. The van der Waals surface area contributed by atoms with Crippen molar-refractivity contribution in [2.45, 2.75) is 12.5 Å². The van der Waals surface area contributed by atoms with E-state index in [4.69, 9.17) is 10.8 Å². The van der Waals surface area contributed by atoms with Crippen molar-refractivity contribution < 1.29 is 14.7 Å². The Hall–Kier alpha value is -1.92. The van der Waals surface area contributed by atoms with Gasteiger partial charge in [0.15, 0.2) is 0 Å². The third kappa shape index (κ3) is 3.34. The van der Waals surface area contributed by atoms with Crippen molar-refractivity contribution >= 4 is 17.6 Å². The van der Waals surface area contributed by atoms with E-state index in [0.717, 1.165) is 17.8 Å². The highest BCUT2D eigenvalue weighted by molar-refractivity contribution is 5.95. The van der Waals surface area contributed by atoms with Crippen molar-refractivity contribution in [1.82, 2.24) is 4.90 Å². The molecule has 20 heavy (non-hydrogen) atoms. The van der Waals surface area contributed by atoms with Crippen molar-refractivity contribution in [1.29, 1.82) is 0 Å². The standard InChI is InChI=1S/C14H19N3O3/c1-16-6-7-17(13(18)9-16)11-4-2-10(3-5-11)12(15)8-14(19)20/h2-5,12H,6-9,15H2,1H3,(H,19,20). The minimum atomic E-state index is -0.921. The second-order valence-corrected chi connectivity index (χ2v) is 5.08. The molecule has 0 aliphatic carbocycles. The number of nitrogens with two attached hydrogens (primary N) is 1. The fraction of sp³-hybridized carbons (Fsp3) is 0.429. The van der Waals surface area contributed by atoms with Gasteiger partial charge in [-0.05, 0) is 24.7 Å². The summed E-state index contributed by atoms with van der Waals surface area (Å²) < 4.78 is 0. The van der Waals surface area contributed by atoms with E-state index in [1.54, 1.807) is 17.0 Å². The zero-order valence-corrected chi connectivity index (χ0v) is 11.5. The summed E-state index contributed by atoms with van der Waals surface area (Å²) in [4.78, 5) is 26.3. The van der Waals surface area contributed by atoms with E-state index in [2.05, 4.69) is 0 Å². The van der Waals surface area contributed by atoms with Crippen LogP contribution < -0.4 is 10.6 Å². The topological polar surface area (TPSA) is 86.9 Å². The van der Waals surface area contributed by atoms with Crippen LogP contribution >= 0.6 is 0 Å². The zero-order chi connectivity index (χ0) is 14.7. The normalized spacial score (nSPS) is 18.1. The van der Waals surface area contributed by atoms with Gasteiger partial charge in [0, 0.05) is 24.8 Å². The van der Waals surface area contributed by atoms with E-state index < -0.39 is 12.0 Å². The van der Waals surface area contributed by atoms with Crippen LogP contribution in [0, 0.1) is 0 Å². The van der Waals surface area contributed by atoms with E-state index >= 15 is 0 Å². The zero-order valence-electron chi connectivity index (χ0n) is 11.5. The van der Waals surface area contributed by atoms with Gasteiger partial charge in [-0.1, -0.05) is 12.1 Å². The molecule has 0 radical (unpaired) electrons. The number of rotatable bonds is 4. The summed E-state index contributed by atoms with van der Waals surface area (Å²) in [5, 5.41) is 8.73. The average molecular weight is 277 g/mol. The van der Waals surface area contributed by atoms with Gasteiger partial charge >= 0.3 is 5.97 Å². The van der Waals surface area contributed by atoms with Gasteiger partial charge in [0.25, 0.3) is 0 Å². The maximum absolute atomic E-state index is 12.0. The predicted octanol–water partition coefficient (Wildman–Crippen LogP) is 0.440. The molecule has 1 fully saturated rings. The number of carbonyl (C=O) groups is 2. The van der Waals surface area contributed by atoms with Crippen LogP contribution in [0.4, 0.5) is 5.69 Å². The highest BCUT2D eigenvalue weighted by Gasteiger charge is 2.22. The maximum atomic E-state index is 12.0. The summed E-state index contributed by atoms with van der Waals surface area (Å²) in [5.74, 6) is -0.850. The fourth-order valence-electron chi connectivity index (χ4n) is 2.27. The minimum Gasteiger partial charge on any atom is -0.481 e. The van der Waals surface area contributed by atoms with Crippen molar-refractivity contribution in [2.75, 3.05) is 31.6 Å². The molecule has 6 nitrogen and oxygen atoms in total. The Morgan fingerprint density at radius 3 is 2.55 bits per heavy atom. The first-order chi connectivity index (χ1) is 9.47. The first-order valence-electron chi connectivity index (χ1n) is 6.53. The van der Waals surface area contributed by atoms with Crippen LogP contribution in [-0.4, -0.2) is 48.6 Å². The van der Waals surface area contributed by atoms with Crippen LogP contribution in [0.25, 0.3) is 0 Å². The van der Waals surface area contributed by atoms with Gasteiger partial charge in [0.1, 0.15) is 0 Å². The molecule has 0 spiro atoms.